The lowest BCUT2D eigenvalue weighted by molar-refractivity contribution is 0.605. The number of pyridine rings is 1. The van der Waals surface area contributed by atoms with Gasteiger partial charge in [-0.1, -0.05) is 23.2 Å². The van der Waals surface area contributed by atoms with E-state index in [2.05, 4.69) is 20.9 Å². The van der Waals surface area contributed by atoms with Crippen molar-refractivity contribution in [3.05, 3.63) is 28.2 Å². The molecule has 5 heteroatoms. The average Bonchev–Trinajstić information content (AvgIpc) is 1.85. The first-order chi connectivity index (χ1) is 5.11. The van der Waals surface area contributed by atoms with Crippen LogP contribution in [-0.2, 0) is 0 Å². The van der Waals surface area contributed by atoms with Gasteiger partial charge in [-0.15, -0.1) is 0 Å². The number of rotatable bonds is 1. The molecule has 60 valence electrons. The Balaban J connectivity index is 3.09. The molecule has 0 bridgehead atoms. The van der Waals surface area contributed by atoms with Crippen LogP contribution in [-0.4, -0.2) is 4.98 Å². The molecule has 1 aromatic heterocycles. The molecule has 0 amide bonds. The smallest absolute Gasteiger partial charge is 0.152 e. The molecule has 0 N–H and O–H groups in total. The molecule has 1 nitrogen and oxygen atoms in total. The van der Waals surface area contributed by atoms with E-state index < -0.39 is 10.7 Å². The lowest BCUT2D eigenvalue weighted by atomic mass is 10.4. The van der Waals surface area contributed by atoms with E-state index in [-0.39, 0.29) is 5.69 Å². The van der Waals surface area contributed by atoms with E-state index >= 15 is 0 Å². The van der Waals surface area contributed by atoms with Gasteiger partial charge in [0.2, 0.25) is 0 Å². The van der Waals surface area contributed by atoms with Crippen LogP contribution in [0.15, 0.2) is 16.7 Å². The maximum atomic E-state index is 12.8. The molecule has 0 aromatic carbocycles. The van der Waals surface area contributed by atoms with Crippen molar-refractivity contribution < 1.29 is 4.39 Å². The molecule has 0 spiro atoms. The molecule has 0 radical (unpaired) electrons. The van der Waals surface area contributed by atoms with Gasteiger partial charge in [-0.25, -0.2) is 4.39 Å². The lowest BCUT2D eigenvalue weighted by Crippen LogP contribution is -1.92. The molecular weight excluding hydrogens is 256 g/mol. The van der Waals surface area contributed by atoms with E-state index in [1.807, 2.05) is 0 Å². The number of hydrogen-bond donors (Lipinski definition) is 0. The van der Waals surface area contributed by atoms with E-state index in [9.17, 15) is 4.39 Å². The Morgan fingerprint density at radius 3 is 2.64 bits per heavy atom. The Morgan fingerprint density at radius 2 is 2.18 bits per heavy atom. The summed E-state index contributed by atoms with van der Waals surface area (Å²) in [5.74, 6) is -0.505. The van der Waals surface area contributed by atoms with Crippen LogP contribution in [0.25, 0.3) is 0 Å². The van der Waals surface area contributed by atoms with Crippen LogP contribution in [0.2, 0.25) is 0 Å². The highest BCUT2D eigenvalue weighted by Gasteiger charge is 2.11. The predicted molar refractivity (Wildman–Crippen MR) is 46.3 cm³/mol. The summed E-state index contributed by atoms with van der Waals surface area (Å²) < 4.78 is 13.4. The van der Waals surface area contributed by atoms with Crippen LogP contribution < -0.4 is 0 Å². The number of nitrogens with zero attached hydrogens (tertiary/aromatic N) is 1. The Labute approximate surface area is 81.7 Å². The summed E-state index contributed by atoms with van der Waals surface area (Å²) in [6, 6.07) is 1.26. The van der Waals surface area contributed by atoms with Crippen LogP contribution in [0, 0.1) is 5.82 Å². The van der Waals surface area contributed by atoms with Crippen LogP contribution in [0.4, 0.5) is 4.39 Å². The summed E-state index contributed by atoms with van der Waals surface area (Å²) in [7, 11) is 0. The van der Waals surface area contributed by atoms with Gasteiger partial charge in [-0.05, 0) is 22.0 Å². The summed E-state index contributed by atoms with van der Waals surface area (Å²) in [5, 5.41) is 0. The maximum absolute atomic E-state index is 12.8. The summed E-state index contributed by atoms with van der Waals surface area (Å²) >= 11 is 13.9. The second-order valence-corrected chi connectivity index (χ2v) is 3.83. The third-order valence-corrected chi connectivity index (χ3v) is 1.89. The molecule has 1 rings (SSSR count). The first-order valence-corrected chi connectivity index (χ1v) is 4.37. The van der Waals surface area contributed by atoms with Crippen LogP contribution in [0.1, 0.15) is 10.5 Å². The predicted octanol–water partition coefficient (Wildman–Crippen LogP) is 3.46. The number of alkyl halides is 2. The minimum absolute atomic E-state index is 0.0523. The normalized spacial score (nSPS) is 10.6. The fraction of sp³-hybridized carbons (Fsp3) is 0.167. The van der Waals surface area contributed by atoms with Gasteiger partial charge in [0.25, 0.3) is 0 Å². The van der Waals surface area contributed by atoms with Gasteiger partial charge in [-0.3, -0.25) is 4.98 Å². The monoisotopic (exact) mass is 257 g/mol. The highest BCUT2D eigenvalue weighted by atomic mass is 79.9. The molecule has 0 aliphatic carbocycles. The number of halogens is 4. The average molecular weight is 259 g/mol. The van der Waals surface area contributed by atoms with E-state index in [1.165, 1.54) is 12.3 Å². The van der Waals surface area contributed by atoms with E-state index in [1.54, 1.807) is 0 Å². The molecule has 1 heterocycles. The van der Waals surface area contributed by atoms with Crippen LogP contribution in [0.5, 0.6) is 0 Å². The topological polar surface area (TPSA) is 12.9 Å². The van der Waals surface area contributed by atoms with Gasteiger partial charge in [0.05, 0.1) is 0 Å². The van der Waals surface area contributed by atoms with Crippen molar-refractivity contribution in [2.24, 2.45) is 0 Å². The maximum Gasteiger partial charge on any atom is 0.152 e. The highest BCUT2D eigenvalue weighted by Crippen LogP contribution is 2.26. The van der Waals surface area contributed by atoms with Gasteiger partial charge in [0.15, 0.2) is 4.84 Å². The van der Waals surface area contributed by atoms with E-state index in [0.717, 1.165) is 0 Å². The fourth-order valence-electron chi connectivity index (χ4n) is 0.586. The lowest BCUT2D eigenvalue weighted by Gasteiger charge is -2.01. The molecule has 0 aliphatic heterocycles. The zero-order valence-electron chi connectivity index (χ0n) is 5.19. The quantitative estimate of drug-likeness (QED) is 0.703. The summed E-state index contributed by atoms with van der Waals surface area (Å²) in [5.41, 5.74) is 0.0523. The fourth-order valence-corrected chi connectivity index (χ4v) is 1.21. The molecule has 11 heavy (non-hydrogen) atoms. The Bertz CT molecular complexity index is 267. The zero-order valence-corrected chi connectivity index (χ0v) is 8.29. The Hall–Kier alpha value is 0.140. The SMILES string of the molecule is Fc1cc(Br)cnc1C(Cl)Cl. The van der Waals surface area contributed by atoms with E-state index in [0.29, 0.717) is 4.47 Å². The first-order valence-electron chi connectivity index (χ1n) is 2.70. The molecule has 0 atom stereocenters. The second-order valence-electron chi connectivity index (χ2n) is 1.82. The summed E-state index contributed by atoms with van der Waals surface area (Å²) in [6.07, 6.45) is 1.44. The molecule has 0 aliphatic rings. The largest absolute Gasteiger partial charge is 0.254 e. The second kappa shape index (κ2) is 3.70. The van der Waals surface area contributed by atoms with Crippen molar-refractivity contribution in [3.8, 4) is 0 Å². The minimum Gasteiger partial charge on any atom is -0.254 e. The van der Waals surface area contributed by atoms with E-state index in [4.69, 9.17) is 23.2 Å². The molecule has 0 unspecified atom stereocenters. The number of hydrogen-bond acceptors (Lipinski definition) is 1. The molecule has 0 saturated carbocycles. The third kappa shape index (κ3) is 2.29. The third-order valence-electron chi connectivity index (χ3n) is 1.04. The molecule has 0 saturated heterocycles. The Kier molecular flexibility index (Phi) is 3.10. The van der Waals surface area contributed by atoms with Gasteiger partial charge < -0.3 is 0 Å². The standard InChI is InChI=1S/C6H3BrCl2FN/c7-3-1-4(10)5(6(8)9)11-2-3/h1-2,6H. The molecule has 0 fully saturated rings. The first kappa shape index (κ1) is 9.23. The molecular formula is C6H3BrCl2FN. The van der Waals surface area contributed by atoms with Crippen molar-refractivity contribution in [1.29, 1.82) is 0 Å². The minimum atomic E-state index is -0.914. The summed E-state index contributed by atoms with van der Waals surface area (Å²) in [6.45, 7) is 0. The summed E-state index contributed by atoms with van der Waals surface area (Å²) in [4.78, 5) is 2.78. The van der Waals surface area contributed by atoms with Crippen molar-refractivity contribution in [3.63, 3.8) is 0 Å². The highest BCUT2D eigenvalue weighted by molar-refractivity contribution is 9.10. The number of aromatic nitrogens is 1. The zero-order chi connectivity index (χ0) is 8.43. The molecule has 1 aromatic rings. The van der Waals surface area contributed by atoms with Gasteiger partial charge >= 0.3 is 0 Å². The van der Waals surface area contributed by atoms with Gasteiger partial charge in [0.1, 0.15) is 11.5 Å². The van der Waals surface area contributed by atoms with Crippen molar-refractivity contribution in [1.82, 2.24) is 4.98 Å². The van der Waals surface area contributed by atoms with Gasteiger partial charge in [-0.2, -0.15) is 0 Å². The van der Waals surface area contributed by atoms with Crippen molar-refractivity contribution in [2.45, 2.75) is 4.84 Å². The Morgan fingerprint density at radius 1 is 1.55 bits per heavy atom. The van der Waals surface area contributed by atoms with Crippen LogP contribution in [0.3, 0.4) is 0 Å². The van der Waals surface area contributed by atoms with Crippen molar-refractivity contribution >= 4 is 39.1 Å². The van der Waals surface area contributed by atoms with Crippen molar-refractivity contribution in [2.75, 3.05) is 0 Å². The van der Waals surface area contributed by atoms with Crippen LogP contribution >= 0.6 is 39.1 Å². The van der Waals surface area contributed by atoms with Gasteiger partial charge in [0, 0.05) is 10.7 Å².